The lowest BCUT2D eigenvalue weighted by Gasteiger charge is -2.03. The highest BCUT2D eigenvalue weighted by molar-refractivity contribution is 5.96. The summed E-state index contributed by atoms with van der Waals surface area (Å²) in [5.74, 6) is 0.00927. The van der Waals surface area contributed by atoms with Gasteiger partial charge in [-0.15, -0.1) is 0 Å². The lowest BCUT2D eigenvalue weighted by atomic mass is 10.2. The number of nitrogens with one attached hydrogen (secondary N) is 2. The van der Waals surface area contributed by atoms with Gasteiger partial charge in [0.25, 0.3) is 5.91 Å². The third kappa shape index (κ3) is 2.60. The second-order valence-electron chi connectivity index (χ2n) is 3.38. The van der Waals surface area contributed by atoms with Crippen LogP contribution in [-0.4, -0.2) is 23.3 Å². The number of amides is 1. The van der Waals surface area contributed by atoms with Crippen molar-refractivity contribution < 1.29 is 9.42 Å². The summed E-state index contributed by atoms with van der Waals surface area (Å²) in [7, 11) is 1.65. The van der Waals surface area contributed by atoms with E-state index in [4.69, 9.17) is 0 Å². The number of carbonyl (C=O) groups is 1. The Hall–Kier alpha value is -2.37. The fourth-order valence-electron chi connectivity index (χ4n) is 1.36. The molecule has 6 heteroatoms. The normalized spacial score (nSPS) is 9.94. The molecule has 2 aromatic rings. The Bertz CT molecular complexity index is 495. The van der Waals surface area contributed by atoms with Crippen molar-refractivity contribution in [2.24, 2.45) is 0 Å². The van der Waals surface area contributed by atoms with E-state index in [9.17, 15) is 4.79 Å². The summed E-state index contributed by atoms with van der Waals surface area (Å²) >= 11 is 0. The zero-order chi connectivity index (χ0) is 12.1. The van der Waals surface area contributed by atoms with Crippen molar-refractivity contribution in [3.05, 3.63) is 41.6 Å². The number of benzene rings is 1. The molecule has 0 saturated heterocycles. The first kappa shape index (κ1) is 11.1. The summed E-state index contributed by atoms with van der Waals surface area (Å²) in [4.78, 5) is 11.7. The van der Waals surface area contributed by atoms with Crippen LogP contribution >= 0.6 is 0 Å². The molecule has 0 saturated carbocycles. The molecule has 1 amide bonds. The quantitative estimate of drug-likeness (QED) is 0.823. The van der Waals surface area contributed by atoms with Crippen LogP contribution in [0.2, 0.25) is 0 Å². The maximum absolute atomic E-state index is 11.7. The van der Waals surface area contributed by atoms with Gasteiger partial charge in [-0.05, 0) is 15.9 Å². The van der Waals surface area contributed by atoms with Crippen molar-refractivity contribution in [2.75, 3.05) is 12.4 Å². The minimum atomic E-state index is -0.320. The predicted molar refractivity (Wildman–Crippen MR) is 61.5 cm³/mol. The Morgan fingerprint density at radius 3 is 2.76 bits per heavy atom. The van der Waals surface area contributed by atoms with E-state index in [2.05, 4.69) is 25.6 Å². The topological polar surface area (TPSA) is 80.1 Å². The predicted octanol–water partition coefficient (Wildman–Crippen LogP) is 1.04. The molecule has 0 bridgehead atoms. The fourth-order valence-corrected chi connectivity index (χ4v) is 1.36. The van der Waals surface area contributed by atoms with Gasteiger partial charge in [-0.1, -0.05) is 30.3 Å². The molecule has 0 atom stereocenters. The second-order valence-corrected chi connectivity index (χ2v) is 3.38. The lowest BCUT2D eigenvalue weighted by molar-refractivity contribution is 0.0941. The summed E-state index contributed by atoms with van der Waals surface area (Å²) < 4.78 is 4.49. The zero-order valence-electron chi connectivity index (χ0n) is 9.30. The molecular weight excluding hydrogens is 220 g/mol. The number of carbonyl (C=O) groups excluding carboxylic acids is 1. The molecule has 0 aliphatic carbocycles. The number of rotatable bonds is 4. The van der Waals surface area contributed by atoms with Crippen LogP contribution in [0.3, 0.4) is 0 Å². The van der Waals surface area contributed by atoms with Gasteiger partial charge in [0.1, 0.15) is 0 Å². The smallest absolute Gasteiger partial charge is 0.277 e. The van der Waals surface area contributed by atoms with E-state index in [-0.39, 0.29) is 11.6 Å². The van der Waals surface area contributed by atoms with Crippen molar-refractivity contribution in [3.63, 3.8) is 0 Å². The van der Waals surface area contributed by atoms with Crippen LogP contribution in [0, 0.1) is 0 Å². The molecule has 0 spiro atoms. The van der Waals surface area contributed by atoms with E-state index in [1.165, 1.54) is 0 Å². The van der Waals surface area contributed by atoms with Crippen LogP contribution in [0.4, 0.5) is 5.82 Å². The molecule has 6 nitrogen and oxygen atoms in total. The van der Waals surface area contributed by atoms with E-state index >= 15 is 0 Å². The molecule has 0 radical (unpaired) electrons. The van der Waals surface area contributed by atoms with Gasteiger partial charge in [0.05, 0.1) is 0 Å². The average molecular weight is 232 g/mol. The number of anilines is 1. The van der Waals surface area contributed by atoms with Crippen LogP contribution in [0.25, 0.3) is 0 Å². The molecule has 0 fully saturated rings. The van der Waals surface area contributed by atoms with Crippen molar-refractivity contribution in [3.8, 4) is 0 Å². The highest BCUT2D eigenvalue weighted by Crippen LogP contribution is 2.08. The Morgan fingerprint density at radius 2 is 2.06 bits per heavy atom. The van der Waals surface area contributed by atoms with Crippen LogP contribution in [-0.2, 0) is 6.54 Å². The average Bonchev–Trinajstić information content (AvgIpc) is 2.85. The summed E-state index contributed by atoms with van der Waals surface area (Å²) in [5.41, 5.74) is 1.17. The van der Waals surface area contributed by atoms with E-state index < -0.39 is 0 Å². The van der Waals surface area contributed by atoms with Gasteiger partial charge in [-0.2, -0.15) is 0 Å². The number of aromatic nitrogens is 2. The first-order chi connectivity index (χ1) is 8.31. The largest absolute Gasteiger partial charge is 0.368 e. The van der Waals surface area contributed by atoms with E-state index in [0.717, 1.165) is 5.56 Å². The van der Waals surface area contributed by atoms with Crippen molar-refractivity contribution in [1.82, 2.24) is 15.6 Å². The monoisotopic (exact) mass is 232 g/mol. The molecule has 88 valence electrons. The molecule has 0 aliphatic heterocycles. The zero-order valence-corrected chi connectivity index (χ0v) is 9.30. The van der Waals surface area contributed by atoms with Crippen LogP contribution in [0.15, 0.2) is 35.0 Å². The Kier molecular flexibility index (Phi) is 3.34. The van der Waals surface area contributed by atoms with Crippen LogP contribution < -0.4 is 10.6 Å². The lowest BCUT2D eigenvalue weighted by Crippen LogP contribution is -2.23. The molecule has 0 aliphatic rings. The first-order valence-corrected chi connectivity index (χ1v) is 5.13. The van der Waals surface area contributed by atoms with Gasteiger partial charge in [0, 0.05) is 13.6 Å². The van der Waals surface area contributed by atoms with Crippen molar-refractivity contribution in [1.29, 1.82) is 0 Å². The Labute approximate surface area is 98.0 Å². The Balaban J connectivity index is 1.98. The molecule has 2 N–H and O–H groups in total. The van der Waals surface area contributed by atoms with E-state index in [0.29, 0.717) is 12.4 Å². The van der Waals surface area contributed by atoms with Crippen molar-refractivity contribution in [2.45, 2.75) is 6.54 Å². The van der Waals surface area contributed by atoms with Gasteiger partial charge in [0.2, 0.25) is 11.5 Å². The second kappa shape index (κ2) is 5.11. The highest BCUT2D eigenvalue weighted by Gasteiger charge is 2.16. The molecule has 1 aromatic carbocycles. The van der Waals surface area contributed by atoms with E-state index in [1.807, 2.05) is 30.3 Å². The third-order valence-corrected chi connectivity index (χ3v) is 2.24. The van der Waals surface area contributed by atoms with Gasteiger partial charge in [0.15, 0.2) is 0 Å². The maximum Gasteiger partial charge on any atom is 0.277 e. The van der Waals surface area contributed by atoms with Gasteiger partial charge in [-0.3, -0.25) is 4.79 Å². The van der Waals surface area contributed by atoms with Gasteiger partial charge < -0.3 is 10.6 Å². The fraction of sp³-hybridized carbons (Fsp3) is 0.182. The number of hydrogen-bond acceptors (Lipinski definition) is 5. The summed E-state index contributed by atoms with van der Waals surface area (Å²) in [6.45, 7) is 0.440. The van der Waals surface area contributed by atoms with Gasteiger partial charge in [-0.25, -0.2) is 4.63 Å². The van der Waals surface area contributed by atoms with Crippen LogP contribution in [0.5, 0.6) is 0 Å². The number of nitrogens with zero attached hydrogens (tertiary/aromatic N) is 2. The third-order valence-electron chi connectivity index (χ3n) is 2.24. The molecule has 2 rings (SSSR count). The SMILES string of the molecule is CNc1nonc1C(=O)NCc1ccccc1. The highest BCUT2D eigenvalue weighted by atomic mass is 16.6. The maximum atomic E-state index is 11.7. The number of hydrogen-bond donors (Lipinski definition) is 2. The molecular formula is C11H12N4O2. The van der Waals surface area contributed by atoms with Crippen LogP contribution in [0.1, 0.15) is 16.1 Å². The standard InChI is InChI=1S/C11H12N4O2/c1-12-10-9(14-17-15-10)11(16)13-7-8-5-3-2-4-6-8/h2-6H,7H2,1H3,(H,12,15)(H,13,16). The van der Waals surface area contributed by atoms with Crippen molar-refractivity contribution >= 4 is 11.7 Å². The minimum Gasteiger partial charge on any atom is -0.368 e. The molecule has 0 unspecified atom stereocenters. The Morgan fingerprint density at radius 1 is 1.29 bits per heavy atom. The molecule has 17 heavy (non-hydrogen) atoms. The summed E-state index contributed by atoms with van der Waals surface area (Å²) in [5, 5.41) is 12.6. The first-order valence-electron chi connectivity index (χ1n) is 5.13. The molecule has 1 aromatic heterocycles. The minimum absolute atomic E-state index is 0.156. The van der Waals surface area contributed by atoms with Gasteiger partial charge >= 0.3 is 0 Å². The summed E-state index contributed by atoms with van der Waals surface area (Å²) in [6, 6.07) is 9.61. The molecule has 1 heterocycles. The van der Waals surface area contributed by atoms with E-state index in [1.54, 1.807) is 7.05 Å². The summed E-state index contributed by atoms with van der Waals surface area (Å²) in [6.07, 6.45) is 0.